The summed E-state index contributed by atoms with van der Waals surface area (Å²) >= 11 is 0. The molecule has 0 radical (unpaired) electrons. The van der Waals surface area contributed by atoms with Gasteiger partial charge in [0.05, 0.1) is 0 Å². The van der Waals surface area contributed by atoms with E-state index in [4.69, 9.17) is 0 Å². The molecule has 0 saturated heterocycles. The number of hydrogen-bond acceptors (Lipinski definition) is 3. The standard InChI is InChI=1S/C70H62BN3/c1-47-42-62-61-39-26-54(51-22-16-11-17-23-51)45-65(61)74(59-32-24-52(25-33-59)49-18-12-9-13-19-49)71-63-40-38-60(72(57-34-28-55(29-35-57)69(3,4)5)58-36-30-56(31-37-58)70(6,7)8)46-66(63)73(67(43-47)68(62)71)64-41-27-53(44-48(64)2)50-20-14-10-15-21-50/h9-46H,1-8H3. The number of benzene rings is 10. The topological polar surface area (TPSA) is 9.72 Å². The molecule has 0 fully saturated rings. The van der Waals surface area contributed by atoms with Crippen LogP contribution in [0, 0.1) is 13.8 Å². The van der Waals surface area contributed by atoms with Gasteiger partial charge in [0.25, 0.3) is 0 Å². The van der Waals surface area contributed by atoms with Crippen LogP contribution in [0.15, 0.2) is 231 Å². The summed E-state index contributed by atoms with van der Waals surface area (Å²) < 4.78 is 0. The number of aryl methyl sites for hydroxylation is 2. The number of hydrogen-bond donors (Lipinski definition) is 0. The smallest absolute Gasteiger partial charge is 0.333 e. The maximum absolute atomic E-state index is 2.63. The van der Waals surface area contributed by atoms with E-state index in [1.165, 1.54) is 89.1 Å². The van der Waals surface area contributed by atoms with Gasteiger partial charge in [-0.05, 0) is 170 Å². The maximum atomic E-state index is 2.63. The molecule has 10 aromatic rings. The first-order chi connectivity index (χ1) is 35.8. The minimum atomic E-state index is -0.156. The molecule has 4 heteroatoms. The lowest BCUT2D eigenvalue weighted by molar-refractivity contribution is 0.590. The van der Waals surface area contributed by atoms with Crippen molar-refractivity contribution >= 4 is 63.3 Å². The molecule has 0 atom stereocenters. The van der Waals surface area contributed by atoms with Gasteiger partial charge in [-0.1, -0.05) is 199 Å². The summed E-state index contributed by atoms with van der Waals surface area (Å²) in [5.74, 6) is 0. The molecule has 12 rings (SSSR count). The number of fused-ring (bicyclic) bond motifs is 4. The van der Waals surface area contributed by atoms with Gasteiger partial charge in [-0.3, -0.25) is 0 Å². The van der Waals surface area contributed by atoms with Crippen molar-refractivity contribution in [1.29, 1.82) is 0 Å². The van der Waals surface area contributed by atoms with E-state index in [1.54, 1.807) is 0 Å². The van der Waals surface area contributed by atoms with Gasteiger partial charge in [-0.15, -0.1) is 0 Å². The molecule has 0 N–H and O–H groups in total. The monoisotopic (exact) mass is 956 g/mol. The van der Waals surface area contributed by atoms with E-state index in [0.29, 0.717) is 0 Å². The van der Waals surface area contributed by atoms with Gasteiger partial charge in [-0.25, -0.2) is 0 Å². The van der Waals surface area contributed by atoms with Crippen LogP contribution in [-0.4, -0.2) is 6.85 Å². The summed E-state index contributed by atoms with van der Waals surface area (Å²) in [5.41, 5.74) is 26.5. The molecule has 0 aliphatic carbocycles. The van der Waals surface area contributed by atoms with Crippen LogP contribution in [0.5, 0.6) is 0 Å². The van der Waals surface area contributed by atoms with Gasteiger partial charge >= 0.3 is 6.85 Å². The average molecular weight is 956 g/mol. The Morgan fingerprint density at radius 2 is 0.851 bits per heavy atom. The van der Waals surface area contributed by atoms with E-state index in [9.17, 15) is 0 Å². The SMILES string of the molecule is Cc1cc2c3c(c1)N(c1ccc(-c4ccccc4)cc1C)c1cc(N(c4ccc(C(C)(C)C)cc4)c4ccc(C(C)(C)C)cc4)ccc1B3N(c1ccc(-c3ccccc3)cc1)c1cc(-c3ccccc3)ccc1-2. The van der Waals surface area contributed by atoms with Crippen molar-refractivity contribution in [3.8, 4) is 44.5 Å². The van der Waals surface area contributed by atoms with Crippen molar-refractivity contribution in [1.82, 2.24) is 0 Å². The minimum absolute atomic E-state index is 0.0244. The van der Waals surface area contributed by atoms with Crippen molar-refractivity contribution < 1.29 is 0 Å². The molecule has 0 unspecified atom stereocenters. The normalized spacial score (nSPS) is 12.8. The highest BCUT2D eigenvalue weighted by atomic mass is 15.2. The second-order valence-corrected chi connectivity index (χ2v) is 22.4. The summed E-state index contributed by atoms with van der Waals surface area (Å²) in [7, 11) is 0. The summed E-state index contributed by atoms with van der Waals surface area (Å²) in [6.45, 7) is 18.1. The Kier molecular flexibility index (Phi) is 11.6. The summed E-state index contributed by atoms with van der Waals surface area (Å²) in [5, 5.41) is 0. The summed E-state index contributed by atoms with van der Waals surface area (Å²) in [6, 6.07) is 86.2. The highest BCUT2D eigenvalue weighted by molar-refractivity contribution is 6.93. The molecule has 0 bridgehead atoms. The molecule has 2 aliphatic heterocycles. The lowest BCUT2D eigenvalue weighted by Crippen LogP contribution is -2.61. The van der Waals surface area contributed by atoms with E-state index < -0.39 is 0 Å². The molecule has 360 valence electrons. The van der Waals surface area contributed by atoms with Crippen LogP contribution in [0.3, 0.4) is 0 Å². The molecule has 2 aliphatic rings. The largest absolute Gasteiger partial charge is 0.376 e. The predicted octanol–water partition coefficient (Wildman–Crippen LogP) is 18.1. The van der Waals surface area contributed by atoms with Gasteiger partial charge in [0.2, 0.25) is 0 Å². The Balaban J connectivity index is 1.12. The second kappa shape index (κ2) is 18.3. The Labute approximate surface area is 439 Å². The van der Waals surface area contributed by atoms with Crippen molar-refractivity contribution in [3.05, 3.63) is 253 Å². The fourth-order valence-electron chi connectivity index (χ4n) is 11.4. The molecule has 10 aromatic carbocycles. The zero-order valence-corrected chi connectivity index (χ0v) is 43.9. The number of anilines is 8. The van der Waals surface area contributed by atoms with Gasteiger partial charge < -0.3 is 14.6 Å². The fraction of sp³-hybridized carbons (Fsp3) is 0.143. The van der Waals surface area contributed by atoms with Crippen molar-refractivity contribution in [3.63, 3.8) is 0 Å². The zero-order valence-electron chi connectivity index (χ0n) is 43.9. The van der Waals surface area contributed by atoms with Crippen LogP contribution < -0.4 is 25.5 Å². The number of nitrogens with zero attached hydrogens (tertiary/aromatic N) is 3. The highest BCUT2D eigenvalue weighted by Crippen LogP contribution is 2.50. The Morgan fingerprint density at radius 1 is 0.365 bits per heavy atom. The molecule has 0 saturated carbocycles. The molecule has 0 aromatic heterocycles. The third kappa shape index (κ3) is 8.39. The summed E-state index contributed by atoms with van der Waals surface area (Å²) in [6.07, 6.45) is 0. The van der Waals surface area contributed by atoms with Crippen LogP contribution in [0.2, 0.25) is 0 Å². The second-order valence-electron chi connectivity index (χ2n) is 22.4. The third-order valence-corrected chi connectivity index (χ3v) is 15.3. The number of rotatable bonds is 8. The van der Waals surface area contributed by atoms with Crippen molar-refractivity contribution in [2.24, 2.45) is 0 Å². The third-order valence-electron chi connectivity index (χ3n) is 15.3. The van der Waals surface area contributed by atoms with E-state index in [2.05, 4.69) is 301 Å². The van der Waals surface area contributed by atoms with E-state index in [1.807, 2.05) is 0 Å². The van der Waals surface area contributed by atoms with Crippen LogP contribution in [0.1, 0.15) is 63.8 Å². The lowest BCUT2D eigenvalue weighted by atomic mass is 9.43. The Hall–Kier alpha value is -8.34. The molecule has 3 nitrogen and oxygen atoms in total. The first-order valence-electron chi connectivity index (χ1n) is 26.2. The molecule has 0 amide bonds. The average Bonchev–Trinajstić information content (AvgIpc) is 3.42. The quantitative estimate of drug-likeness (QED) is 0.141. The highest BCUT2D eigenvalue weighted by Gasteiger charge is 2.45. The fourth-order valence-corrected chi connectivity index (χ4v) is 11.4. The lowest BCUT2D eigenvalue weighted by Gasteiger charge is -2.46. The minimum Gasteiger partial charge on any atom is -0.376 e. The van der Waals surface area contributed by atoms with Crippen molar-refractivity contribution in [2.75, 3.05) is 14.6 Å². The Bertz CT molecular complexity index is 3630. The molecule has 2 heterocycles. The molecular formula is C70H62BN3. The molecule has 0 spiro atoms. The zero-order chi connectivity index (χ0) is 50.9. The first kappa shape index (κ1) is 46.7. The van der Waals surface area contributed by atoms with Crippen LogP contribution in [0.25, 0.3) is 44.5 Å². The van der Waals surface area contributed by atoms with E-state index >= 15 is 0 Å². The van der Waals surface area contributed by atoms with E-state index in [-0.39, 0.29) is 17.7 Å². The van der Waals surface area contributed by atoms with E-state index in [0.717, 1.165) is 34.1 Å². The Morgan fingerprint density at radius 3 is 1.39 bits per heavy atom. The summed E-state index contributed by atoms with van der Waals surface area (Å²) in [4.78, 5) is 7.66. The molecular weight excluding hydrogens is 894 g/mol. The van der Waals surface area contributed by atoms with Crippen LogP contribution >= 0.6 is 0 Å². The van der Waals surface area contributed by atoms with Crippen molar-refractivity contribution in [2.45, 2.75) is 66.2 Å². The van der Waals surface area contributed by atoms with Crippen LogP contribution in [0.4, 0.5) is 45.5 Å². The predicted molar refractivity (Wildman–Crippen MR) is 318 cm³/mol. The maximum Gasteiger partial charge on any atom is 0.333 e. The van der Waals surface area contributed by atoms with Gasteiger partial charge in [-0.2, -0.15) is 0 Å². The van der Waals surface area contributed by atoms with Crippen LogP contribution in [-0.2, 0) is 10.8 Å². The van der Waals surface area contributed by atoms with Gasteiger partial charge in [0, 0.05) is 51.1 Å². The molecule has 74 heavy (non-hydrogen) atoms. The van der Waals surface area contributed by atoms with Gasteiger partial charge in [0.15, 0.2) is 0 Å². The first-order valence-corrected chi connectivity index (χ1v) is 26.2. The van der Waals surface area contributed by atoms with Gasteiger partial charge in [0.1, 0.15) is 0 Å².